The third-order valence-corrected chi connectivity index (χ3v) is 6.54. The standard InChI is InChI=1S/C25H28ClN5O2/c26-19-6-7-22-23(8-9-27-24(22)16-19)28-10-11-31-18-21(33-25(31)32)17-29-12-14-30(15-13-29)20-4-2-1-3-5-20/h1-9,16,21H,10-15,17-18H2,(H,27,28). The first-order valence-electron chi connectivity index (χ1n) is 11.4. The van der Waals surface area contributed by atoms with Gasteiger partial charge in [-0.15, -0.1) is 0 Å². The number of para-hydroxylation sites is 1. The Morgan fingerprint density at radius 2 is 1.88 bits per heavy atom. The molecule has 3 heterocycles. The molecule has 0 bridgehead atoms. The summed E-state index contributed by atoms with van der Waals surface area (Å²) in [5, 5.41) is 5.10. The number of ether oxygens (including phenoxy) is 1. The van der Waals surface area contributed by atoms with Crippen LogP contribution in [-0.4, -0.2) is 79.3 Å². The van der Waals surface area contributed by atoms with Gasteiger partial charge in [-0.2, -0.15) is 0 Å². The van der Waals surface area contributed by atoms with Gasteiger partial charge in [-0.1, -0.05) is 29.8 Å². The van der Waals surface area contributed by atoms with Crippen LogP contribution in [0.5, 0.6) is 0 Å². The van der Waals surface area contributed by atoms with Gasteiger partial charge in [0.1, 0.15) is 6.10 Å². The molecule has 2 aliphatic rings. The van der Waals surface area contributed by atoms with Crippen molar-refractivity contribution in [2.24, 2.45) is 0 Å². The summed E-state index contributed by atoms with van der Waals surface area (Å²) in [7, 11) is 0. The lowest BCUT2D eigenvalue weighted by Gasteiger charge is -2.36. The number of pyridine rings is 1. The Kier molecular flexibility index (Phi) is 6.51. The number of amides is 1. The van der Waals surface area contributed by atoms with E-state index in [-0.39, 0.29) is 12.2 Å². The molecule has 5 rings (SSSR count). The monoisotopic (exact) mass is 465 g/mol. The van der Waals surface area contributed by atoms with Crippen LogP contribution in [0, 0.1) is 0 Å². The second-order valence-electron chi connectivity index (χ2n) is 8.52. The number of hydrogen-bond acceptors (Lipinski definition) is 6. The number of fused-ring (bicyclic) bond motifs is 1. The van der Waals surface area contributed by atoms with E-state index in [1.165, 1.54) is 5.69 Å². The topological polar surface area (TPSA) is 60.9 Å². The van der Waals surface area contributed by atoms with Gasteiger partial charge in [-0.25, -0.2) is 4.79 Å². The van der Waals surface area contributed by atoms with E-state index in [0.717, 1.165) is 49.3 Å². The Balaban J connectivity index is 1.08. The minimum absolute atomic E-state index is 0.0790. The highest BCUT2D eigenvalue weighted by Crippen LogP contribution is 2.24. The molecule has 172 valence electrons. The average molecular weight is 466 g/mol. The van der Waals surface area contributed by atoms with E-state index >= 15 is 0 Å². The summed E-state index contributed by atoms with van der Waals surface area (Å²) >= 11 is 6.07. The second kappa shape index (κ2) is 9.85. The summed E-state index contributed by atoms with van der Waals surface area (Å²) in [6.45, 7) is 6.58. The molecule has 2 aliphatic heterocycles. The summed E-state index contributed by atoms with van der Waals surface area (Å²) in [5.41, 5.74) is 3.10. The Hall–Kier alpha value is -3.03. The van der Waals surface area contributed by atoms with Crippen molar-refractivity contribution in [1.82, 2.24) is 14.8 Å². The van der Waals surface area contributed by atoms with Crippen molar-refractivity contribution in [1.29, 1.82) is 0 Å². The van der Waals surface area contributed by atoms with E-state index in [1.54, 1.807) is 11.1 Å². The van der Waals surface area contributed by atoms with E-state index in [1.807, 2.05) is 30.3 Å². The van der Waals surface area contributed by atoms with Crippen LogP contribution in [0.4, 0.5) is 16.2 Å². The van der Waals surface area contributed by atoms with Crippen LogP contribution < -0.4 is 10.2 Å². The maximum absolute atomic E-state index is 12.4. The first-order chi connectivity index (χ1) is 16.2. The van der Waals surface area contributed by atoms with Gasteiger partial charge in [0.05, 0.1) is 12.1 Å². The summed E-state index contributed by atoms with van der Waals surface area (Å²) < 4.78 is 5.65. The molecular weight excluding hydrogens is 438 g/mol. The van der Waals surface area contributed by atoms with Crippen LogP contribution in [0.15, 0.2) is 60.8 Å². The van der Waals surface area contributed by atoms with Gasteiger partial charge in [-0.05, 0) is 36.4 Å². The zero-order valence-electron chi connectivity index (χ0n) is 18.5. The fraction of sp³-hybridized carbons (Fsp3) is 0.360. The third kappa shape index (κ3) is 5.15. The zero-order valence-corrected chi connectivity index (χ0v) is 19.2. The number of carbonyl (C=O) groups excluding carboxylic acids is 1. The SMILES string of the molecule is O=C1OC(CN2CCN(c3ccccc3)CC2)CN1CCNc1ccnc2cc(Cl)ccc12. The second-order valence-corrected chi connectivity index (χ2v) is 8.96. The van der Waals surface area contributed by atoms with Crippen molar-refractivity contribution in [3.05, 3.63) is 65.8 Å². The Bertz CT molecular complexity index is 1100. The molecule has 1 atom stereocenters. The summed E-state index contributed by atoms with van der Waals surface area (Å²) in [6, 6.07) is 18.1. The number of rotatable bonds is 7. The lowest BCUT2D eigenvalue weighted by molar-refractivity contribution is 0.104. The third-order valence-electron chi connectivity index (χ3n) is 6.31. The van der Waals surface area contributed by atoms with E-state index in [2.05, 4.69) is 44.4 Å². The molecule has 1 amide bonds. The number of aromatic nitrogens is 1. The molecule has 0 radical (unpaired) electrons. The molecule has 0 spiro atoms. The number of carbonyl (C=O) groups is 1. The van der Waals surface area contributed by atoms with Crippen molar-refractivity contribution < 1.29 is 9.53 Å². The van der Waals surface area contributed by atoms with Crippen LogP contribution in [0.1, 0.15) is 0 Å². The van der Waals surface area contributed by atoms with Crippen molar-refractivity contribution in [2.45, 2.75) is 6.10 Å². The van der Waals surface area contributed by atoms with Crippen LogP contribution >= 0.6 is 11.6 Å². The van der Waals surface area contributed by atoms with Gasteiger partial charge in [0.25, 0.3) is 0 Å². The predicted octanol–water partition coefficient (Wildman–Crippen LogP) is 3.94. The molecule has 2 fully saturated rings. The molecule has 33 heavy (non-hydrogen) atoms. The number of anilines is 2. The van der Waals surface area contributed by atoms with Crippen LogP contribution in [0.25, 0.3) is 10.9 Å². The molecule has 7 nitrogen and oxygen atoms in total. The first-order valence-corrected chi connectivity index (χ1v) is 11.8. The number of piperazine rings is 1. The number of halogens is 1. The molecule has 2 aromatic carbocycles. The van der Waals surface area contributed by atoms with E-state index in [0.29, 0.717) is 24.7 Å². The quantitative estimate of drug-likeness (QED) is 0.570. The number of hydrogen-bond donors (Lipinski definition) is 1. The number of benzene rings is 2. The molecule has 1 unspecified atom stereocenters. The Morgan fingerprint density at radius 1 is 1.06 bits per heavy atom. The first kappa shape index (κ1) is 21.8. The van der Waals surface area contributed by atoms with Crippen molar-refractivity contribution in [3.8, 4) is 0 Å². The number of cyclic esters (lactones) is 1. The van der Waals surface area contributed by atoms with Crippen molar-refractivity contribution in [2.75, 3.05) is 62.6 Å². The van der Waals surface area contributed by atoms with Gasteiger partial charge >= 0.3 is 6.09 Å². The normalized spacial score (nSPS) is 19.2. The average Bonchev–Trinajstić information content (AvgIpc) is 3.18. The molecule has 3 aromatic rings. The maximum Gasteiger partial charge on any atom is 0.410 e. The van der Waals surface area contributed by atoms with Gasteiger partial charge in [-0.3, -0.25) is 9.88 Å². The van der Waals surface area contributed by atoms with E-state index < -0.39 is 0 Å². The largest absolute Gasteiger partial charge is 0.443 e. The van der Waals surface area contributed by atoms with Crippen LogP contribution in [-0.2, 0) is 4.74 Å². The fourth-order valence-corrected chi connectivity index (χ4v) is 4.74. The van der Waals surface area contributed by atoms with Gasteiger partial charge in [0, 0.05) is 73.8 Å². The minimum atomic E-state index is -0.226. The van der Waals surface area contributed by atoms with Crippen molar-refractivity contribution >= 4 is 40.0 Å². The van der Waals surface area contributed by atoms with Gasteiger partial charge in [0.2, 0.25) is 0 Å². The maximum atomic E-state index is 12.4. The smallest absolute Gasteiger partial charge is 0.410 e. The summed E-state index contributed by atoms with van der Waals surface area (Å²) in [6.07, 6.45) is 1.46. The molecule has 0 aliphatic carbocycles. The van der Waals surface area contributed by atoms with Crippen LogP contribution in [0.2, 0.25) is 5.02 Å². The fourth-order valence-electron chi connectivity index (χ4n) is 4.57. The molecule has 0 saturated carbocycles. The van der Waals surface area contributed by atoms with E-state index in [4.69, 9.17) is 16.3 Å². The highest BCUT2D eigenvalue weighted by molar-refractivity contribution is 6.31. The lowest BCUT2D eigenvalue weighted by atomic mass is 10.2. The lowest BCUT2D eigenvalue weighted by Crippen LogP contribution is -2.49. The Morgan fingerprint density at radius 3 is 2.70 bits per heavy atom. The predicted molar refractivity (Wildman–Crippen MR) is 132 cm³/mol. The molecular formula is C25H28ClN5O2. The van der Waals surface area contributed by atoms with Gasteiger partial charge in [0.15, 0.2) is 0 Å². The van der Waals surface area contributed by atoms with E-state index in [9.17, 15) is 4.79 Å². The molecule has 1 N–H and O–H groups in total. The highest BCUT2D eigenvalue weighted by atomic mass is 35.5. The zero-order chi connectivity index (χ0) is 22.6. The summed E-state index contributed by atoms with van der Waals surface area (Å²) in [5.74, 6) is 0. The molecule has 1 aromatic heterocycles. The molecule has 8 heteroatoms. The minimum Gasteiger partial charge on any atom is -0.443 e. The number of nitrogens with zero attached hydrogens (tertiary/aromatic N) is 4. The van der Waals surface area contributed by atoms with Gasteiger partial charge < -0.3 is 19.9 Å². The van der Waals surface area contributed by atoms with Crippen molar-refractivity contribution in [3.63, 3.8) is 0 Å². The molecule has 2 saturated heterocycles. The highest BCUT2D eigenvalue weighted by Gasteiger charge is 2.32. The summed E-state index contributed by atoms with van der Waals surface area (Å²) in [4.78, 5) is 23.3. The number of nitrogens with one attached hydrogen (secondary N) is 1. The van der Waals surface area contributed by atoms with Crippen LogP contribution in [0.3, 0.4) is 0 Å². The Labute approximate surface area is 198 Å².